The summed E-state index contributed by atoms with van der Waals surface area (Å²) in [6.45, 7) is 10.2. The highest BCUT2D eigenvalue weighted by Crippen LogP contribution is 2.17. The van der Waals surface area contributed by atoms with E-state index in [-0.39, 0.29) is 18.2 Å². The van der Waals surface area contributed by atoms with Crippen LogP contribution in [0.5, 0.6) is 0 Å². The summed E-state index contributed by atoms with van der Waals surface area (Å²) in [4.78, 5) is 14.2. The predicted molar refractivity (Wildman–Crippen MR) is 87.1 cm³/mol. The highest BCUT2D eigenvalue weighted by Gasteiger charge is 2.31. The van der Waals surface area contributed by atoms with Gasteiger partial charge in [-0.1, -0.05) is 0 Å². The van der Waals surface area contributed by atoms with Crippen LogP contribution in [0.15, 0.2) is 12.3 Å². The van der Waals surface area contributed by atoms with Crippen molar-refractivity contribution in [2.45, 2.75) is 58.3 Å². The normalized spacial score (nSPS) is 20.3. The summed E-state index contributed by atoms with van der Waals surface area (Å²) in [5, 5.41) is 10.3. The van der Waals surface area contributed by atoms with Gasteiger partial charge in [0.25, 0.3) is 0 Å². The third-order valence-electron chi connectivity index (χ3n) is 3.68. The molecule has 130 valence electrons. The third-order valence-corrected chi connectivity index (χ3v) is 3.68. The van der Waals surface area contributed by atoms with Crippen molar-refractivity contribution in [3.05, 3.63) is 18.0 Å². The highest BCUT2D eigenvalue weighted by molar-refractivity contribution is 5.68. The Morgan fingerprint density at radius 1 is 1.61 bits per heavy atom. The van der Waals surface area contributed by atoms with E-state index >= 15 is 0 Å². The smallest absolute Gasteiger partial charge is 0.410 e. The molecule has 1 saturated heterocycles. The molecule has 1 aliphatic rings. The van der Waals surface area contributed by atoms with E-state index in [0.717, 1.165) is 18.7 Å². The van der Waals surface area contributed by atoms with Crippen molar-refractivity contribution >= 4 is 6.09 Å². The van der Waals surface area contributed by atoms with Gasteiger partial charge in [0.05, 0.1) is 19.3 Å². The fourth-order valence-corrected chi connectivity index (χ4v) is 2.57. The van der Waals surface area contributed by atoms with Gasteiger partial charge in [0.2, 0.25) is 0 Å². The first-order valence-electron chi connectivity index (χ1n) is 8.14. The number of rotatable bonds is 5. The molecule has 0 aliphatic carbocycles. The largest absolute Gasteiger partial charge is 0.444 e. The van der Waals surface area contributed by atoms with Gasteiger partial charge in [-0.05, 0) is 40.2 Å². The Balaban J connectivity index is 1.86. The first-order chi connectivity index (χ1) is 10.8. The maximum Gasteiger partial charge on any atom is 0.410 e. The molecule has 7 heteroatoms. The van der Waals surface area contributed by atoms with Crippen molar-refractivity contribution in [2.24, 2.45) is 0 Å². The molecule has 23 heavy (non-hydrogen) atoms. The van der Waals surface area contributed by atoms with Crippen molar-refractivity contribution < 1.29 is 14.3 Å². The van der Waals surface area contributed by atoms with Gasteiger partial charge in [0.15, 0.2) is 0 Å². The summed E-state index contributed by atoms with van der Waals surface area (Å²) in [7, 11) is 0. The van der Waals surface area contributed by atoms with Crippen molar-refractivity contribution in [1.29, 1.82) is 0 Å². The minimum Gasteiger partial charge on any atom is -0.444 e. The molecule has 1 aliphatic heterocycles. The molecular formula is C16H28N4O3. The number of nitrogens with one attached hydrogen (secondary N) is 2. The predicted octanol–water partition coefficient (Wildman–Crippen LogP) is 1.91. The van der Waals surface area contributed by atoms with E-state index in [2.05, 4.69) is 22.4 Å². The Labute approximate surface area is 137 Å². The van der Waals surface area contributed by atoms with E-state index < -0.39 is 5.60 Å². The van der Waals surface area contributed by atoms with Crippen LogP contribution in [0.4, 0.5) is 4.79 Å². The van der Waals surface area contributed by atoms with Crippen molar-refractivity contribution in [1.82, 2.24) is 20.4 Å². The van der Waals surface area contributed by atoms with E-state index in [9.17, 15) is 4.79 Å². The third kappa shape index (κ3) is 5.84. The first-order valence-corrected chi connectivity index (χ1v) is 8.14. The molecule has 2 unspecified atom stereocenters. The monoisotopic (exact) mass is 324 g/mol. The number of H-pyrrole nitrogens is 1. The Morgan fingerprint density at radius 2 is 2.39 bits per heavy atom. The maximum absolute atomic E-state index is 12.4. The van der Waals surface area contributed by atoms with Crippen LogP contribution >= 0.6 is 0 Å². The van der Waals surface area contributed by atoms with Crippen LogP contribution in [0.25, 0.3) is 0 Å². The van der Waals surface area contributed by atoms with E-state index in [1.807, 2.05) is 26.8 Å². The summed E-state index contributed by atoms with van der Waals surface area (Å²) >= 11 is 0. The number of amides is 1. The molecule has 0 bridgehead atoms. The lowest BCUT2D eigenvalue weighted by atomic mass is 10.1. The van der Waals surface area contributed by atoms with Crippen LogP contribution in [0.3, 0.4) is 0 Å². The van der Waals surface area contributed by atoms with Gasteiger partial charge in [-0.15, -0.1) is 0 Å². The standard InChI is InChI=1S/C16H28N4O3/c1-12(17-10-13-5-6-18-19-13)9-14-11-22-8-7-20(14)15(21)23-16(2,3)4/h5-6,12,14,17H,7-11H2,1-4H3,(H,18,19). The molecule has 0 spiro atoms. The maximum atomic E-state index is 12.4. The molecule has 2 heterocycles. The van der Waals surface area contributed by atoms with Crippen molar-refractivity contribution in [3.8, 4) is 0 Å². The zero-order chi connectivity index (χ0) is 16.9. The van der Waals surface area contributed by atoms with E-state index in [4.69, 9.17) is 9.47 Å². The molecule has 2 atom stereocenters. The second kappa shape index (κ2) is 7.79. The van der Waals surface area contributed by atoms with Crippen LogP contribution in [0.2, 0.25) is 0 Å². The molecule has 0 saturated carbocycles. The van der Waals surface area contributed by atoms with Crippen LogP contribution in [0, 0.1) is 0 Å². The van der Waals surface area contributed by atoms with Crippen molar-refractivity contribution in [2.75, 3.05) is 19.8 Å². The summed E-state index contributed by atoms with van der Waals surface area (Å²) in [6.07, 6.45) is 2.29. The SMILES string of the molecule is CC(CC1COCCN1C(=O)OC(C)(C)C)NCc1ccn[nH]1. The van der Waals surface area contributed by atoms with E-state index in [0.29, 0.717) is 19.8 Å². The summed E-state index contributed by atoms with van der Waals surface area (Å²) < 4.78 is 11.1. The highest BCUT2D eigenvalue weighted by atomic mass is 16.6. The zero-order valence-corrected chi connectivity index (χ0v) is 14.5. The number of nitrogens with zero attached hydrogens (tertiary/aromatic N) is 2. The number of carbonyl (C=O) groups is 1. The topological polar surface area (TPSA) is 79.5 Å². The molecule has 0 aromatic carbocycles. The number of ether oxygens (including phenoxy) is 2. The lowest BCUT2D eigenvalue weighted by molar-refractivity contribution is -0.0356. The van der Waals surface area contributed by atoms with Crippen LogP contribution < -0.4 is 5.32 Å². The fourth-order valence-electron chi connectivity index (χ4n) is 2.57. The van der Waals surface area contributed by atoms with Gasteiger partial charge in [-0.2, -0.15) is 5.10 Å². The number of morpholine rings is 1. The molecule has 2 N–H and O–H groups in total. The zero-order valence-electron chi connectivity index (χ0n) is 14.5. The Bertz CT molecular complexity index is 484. The Kier molecular flexibility index (Phi) is 6.01. The summed E-state index contributed by atoms with van der Waals surface area (Å²) in [6, 6.07) is 2.22. The number of aromatic amines is 1. The number of carbonyl (C=O) groups excluding carboxylic acids is 1. The molecule has 1 aromatic rings. The van der Waals surface area contributed by atoms with Crippen molar-refractivity contribution in [3.63, 3.8) is 0 Å². The molecular weight excluding hydrogens is 296 g/mol. The minimum absolute atomic E-state index is 0.0304. The van der Waals surface area contributed by atoms with Crippen LogP contribution in [0.1, 0.15) is 39.8 Å². The number of hydrogen-bond donors (Lipinski definition) is 2. The lowest BCUT2D eigenvalue weighted by Gasteiger charge is -2.37. The number of hydrogen-bond acceptors (Lipinski definition) is 5. The molecule has 2 rings (SSSR count). The molecule has 7 nitrogen and oxygen atoms in total. The lowest BCUT2D eigenvalue weighted by Crippen LogP contribution is -2.52. The Morgan fingerprint density at radius 3 is 3.04 bits per heavy atom. The average molecular weight is 324 g/mol. The molecule has 1 aromatic heterocycles. The van der Waals surface area contributed by atoms with Gasteiger partial charge in [0, 0.05) is 31.0 Å². The quantitative estimate of drug-likeness (QED) is 0.865. The second-order valence-electron chi connectivity index (χ2n) is 7.00. The van der Waals surface area contributed by atoms with Gasteiger partial charge in [0.1, 0.15) is 5.60 Å². The van der Waals surface area contributed by atoms with Gasteiger partial charge < -0.3 is 19.7 Å². The average Bonchev–Trinajstić information content (AvgIpc) is 2.97. The fraction of sp³-hybridized carbons (Fsp3) is 0.750. The molecule has 1 fully saturated rings. The van der Waals surface area contributed by atoms with Gasteiger partial charge in [-0.3, -0.25) is 5.10 Å². The first kappa shape index (κ1) is 17.7. The van der Waals surface area contributed by atoms with E-state index in [1.54, 1.807) is 11.1 Å². The van der Waals surface area contributed by atoms with Gasteiger partial charge in [-0.25, -0.2) is 4.79 Å². The molecule has 0 radical (unpaired) electrons. The van der Waals surface area contributed by atoms with E-state index in [1.165, 1.54) is 0 Å². The number of aromatic nitrogens is 2. The molecule has 1 amide bonds. The summed E-state index contributed by atoms with van der Waals surface area (Å²) in [5.74, 6) is 0. The second-order valence-corrected chi connectivity index (χ2v) is 7.00. The Hall–Kier alpha value is -1.60. The van der Waals surface area contributed by atoms with Crippen LogP contribution in [-0.4, -0.2) is 58.6 Å². The van der Waals surface area contributed by atoms with Gasteiger partial charge >= 0.3 is 6.09 Å². The minimum atomic E-state index is -0.482. The van der Waals surface area contributed by atoms with Crippen LogP contribution in [-0.2, 0) is 16.0 Å². The summed E-state index contributed by atoms with van der Waals surface area (Å²) in [5.41, 5.74) is 0.561.